The van der Waals surface area contributed by atoms with Gasteiger partial charge in [-0.25, -0.2) is 0 Å². The van der Waals surface area contributed by atoms with Crippen molar-refractivity contribution in [1.82, 2.24) is 0 Å². The van der Waals surface area contributed by atoms with Gasteiger partial charge in [0.25, 0.3) is 0 Å². The van der Waals surface area contributed by atoms with Crippen LogP contribution in [-0.4, -0.2) is 89.9 Å². The number of aliphatic hydroxyl groups excluding tert-OH is 3. The van der Waals surface area contributed by atoms with E-state index in [1.807, 2.05) is 12.8 Å². The molecule has 0 amide bonds. The van der Waals surface area contributed by atoms with E-state index >= 15 is 0 Å². The predicted octanol–water partition coefficient (Wildman–Crippen LogP) is 3.76. The molecule has 59 heavy (non-hydrogen) atoms. The van der Waals surface area contributed by atoms with E-state index in [0.717, 1.165) is 70.9 Å². The first-order chi connectivity index (χ1) is 28.5. The topological polar surface area (TPSA) is 176 Å². The van der Waals surface area contributed by atoms with E-state index in [0.29, 0.717) is 98.2 Å². The highest BCUT2D eigenvalue weighted by atomic mass is 16.5. The third-order valence-corrected chi connectivity index (χ3v) is 17.8. The van der Waals surface area contributed by atoms with Crippen LogP contribution in [0.2, 0.25) is 0 Å². The zero-order valence-electron chi connectivity index (χ0n) is 36.0. The predicted molar refractivity (Wildman–Crippen MR) is 227 cm³/mol. The van der Waals surface area contributed by atoms with Gasteiger partial charge in [0.1, 0.15) is 29.5 Å². The average Bonchev–Trinajstić information content (AvgIpc) is 3.94. The fraction of sp³-hybridized carbons (Fsp3) is 0.837. The molecular formula is C49H77N4O6+3. The third-order valence-electron chi connectivity index (χ3n) is 17.8. The van der Waals surface area contributed by atoms with Crippen LogP contribution >= 0.6 is 0 Å². The summed E-state index contributed by atoms with van der Waals surface area (Å²) in [6, 6.07) is 0.474. The molecule has 7 unspecified atom stereocenters. The molecule has 4 saturated carbocycles. The minimum Gasteiger partial charge on any atom is -0.393 e. The summed E-state index contributed by atoms with van der Waals surface area (Å²) in [5, 5.41) is 39.7. The first-order valence-electron chi connectivity index (χ1n) is 24.2. The SMILES string of the molecule is COC1CC2CCC(=O)[C@@]3(C#C[C@H](CC[C@H](O)CCC4CC(N)[NH2+]CC4CC4=C[CH+]N=C4)C2CC1O)CC[C@@H](CC1([C@@H]2C[NH2+][C@@H]4CC(=O)CC[C@H]4C2)CCCC1)C[C@H]3O. The summed E-state index contributed by atoms with van der Waals surface area (Å²) < 4.78 is 5.75. The van der Waals surface area contributed by atoms with E-state index in [1.165, 1.54) is 37.7 Å². The van der Waals surface area contributed by atoms with Gasteiger partial charge in [-0.3, -0.25) is 15.3 Å². The summed E-state index contributed by atoms with van der Waals surface area (Å²) in [5.41, 5.74) is 6.93. The maximum absolute atomic E-state index is 14.4. The van der Waals surface area contributed by atoms with Gasteiger partial charge in [-0.1, -0.05) is 24.7 Å². The quantitative estimate of drug-likeness (QED) is 0.129. The smallest absolute Gasteiger partial charge is 0.176 e. The Morgan fingerprint density at radius 3 is 2.56 bits per heavy atom. The van der Waals surface area contributed by atoms with E-state index in [-0.39, 0.29) is 35.8 Å². The van der Waals surface area contributed by atoms with Crippen LogP contribution in [0.3, 0.4) is 0 Å². The van der Waals surface area contributed by atoms with E-state index < -0.39 is 23.7 Å². The number of piperidine rings is 2. The van der Waals surface area contributed by atoms with Crippen molar-refractivity contribution < 1.29 is 40.3 Å². The van der Waals surface area contributed by atoms with E-state index in [9.17, 15) is 24.9 Å². The molecule has 15 atom stereocenters. The number of nitrogens with zero attached hydrogens (tertiary/aromatic N) is 1. The Balaban J connectivity index is 0.943. The molecule has 10 heteroatoms. The van der Waals surface area contributed by atoms with Gasteiger partial charge in [0.05, 0.1) is 56.0 Å². The van der Waals surface area contributed by atoms with Crippen LogP contribution in [0, 0.1) is 76.6 Å². The second-order valence-corrected chi connectivity index (χ2v) is 21.2. The number of carbonyl (C=O) groups is 2. The zero-order chi connectivity index (χ0) is 41.1. The van der Waals surface area contributed by atoms with Crippen LogP contribution < -0.4 is 16.4 Å². The van der Waals surface area contributed by atoms with Gasteiger partial charge in [0, 0.05) is 56.5 Å². The van der Waals surface area contributed by atoms with Crippen molar-refractivity contribution >= 4 is 17.8 Å². The number of Topliss-reactive ketones (excluding diaryl/α,β-unsaturated/α-hetero) is 2. The van der Waals surface area contributed by atoms with Gasteiger partial charge in [-0.2, -0.15) is 0 Å². The summed E-state index contributed by atoms with van der Waals surface area (Å²) in [6.07, 6.45) is 21.6. The summed E-state index contributed by atoms with van der Waals surface area (Å²) in [6.45, 7) is 3.98. The van der Waals surface area contributed by atoms with Crippen molar-refractivity contribution in [3.8, 4) is 11.8 Å². The fourth-order valence-corrected chi connectivity index (χ4v) is 14.3. The van der Waals surface area contributed by atoms with E-state index in [4.69, 9.17) is 10.5 Å². The number of fused-ring (bicyclic) bond motifs is 2. The average molecular weight is 818 g/mol. The van der Waals surface area contributed by atoms with Gasteiger partial charge in [-0.15, -0.1) is 4.99 Å². The van der Waals surface area contributed by atoms with Crippen molar-refractivity contribution in [1.29, 1.82) is 0 Å². The van der Waals surface area contributed by atoms with Crippen molar-refractivity contribution in [3.63, 3.8) is 0 Å². The number of nitrogens with two attached hydrogens (primary N) is 3. The number of quaternary nitrogens is 2. The molecule has 2 saturated heterocycles. The molecule has 9 N–H and O–H groups in total. The normalized spacial score (nSPS) is 42.7. The fourth-order valence-electron chi connectivity index (χ4n) is 14.3. The molecule has 8 aliphatic rings. The van der Waals surface area contributed by atoms with Crippen LogP contribution in [0.5, 0.6) is 0 Å². The van der Waals surface area contributed by atoms with Crippen molar-refractivity contribution in [2.24, 2.45) is 68.9 Å². The maximum atomic E-state index is 14.4. The molecule has 6 fully saturated rings. The second-order valence-electron chi connectivity index (χ2n) is 21.2. The molecule has 8 rings (SSSR count). The molecule has 10 nitrogen and oxygen atoms in total. The van der Waals surface area contributed by atoms with Crippen LogP contribution in [0.1, 0.15) is 141 Å². The van der Waals surface area contributed by atoms with E-state index in [1.54, 1.807) is 7.11 Å². The number of ether oxygens (including phenoxy) is 1. The number of carbonyl (C=O) groups excluding carboxylic acids is 2. The van der Waals surface area contributed by atoms with Crippen LogP contribution in [-0.2, 0) is 14.3 Å². The number of rotatable bonds is 12. The van der Waals surface area contributed by atoms with Crippen LogP contribution in [0.4, 0.5) is 0 Å². The molecule has 0 aromatic rings. The maximum Gasteiger partial charge on any atom is 0.176 e. The number of methoxy groups -OCH3 is 1. The molecule has 0 aromatic carbocycles. The molecular weight excluding hydrogens is 741 g/mol. The largest absolute Gasteiger partial charge is 0.393 e. The number of allylic oxidation sites excluding steroid dienone is 1. The first kappa shape index (κ1) is 43.5. The minimum atomic E-state index is -1.05. The lowest BCUT2D eigenvalue weighted by molar-refractivity contribution is -0.713. The molecule has 3 aliphatic heterocycles. The Morgan fingerprint density at radius 2 is 1.78 bits per heavy atom. The van der Waals surface area contributed by atoms with Crippen molar-refractivity contribution in [2.45, 2.75) is 178 Å². The Morgan fingerprint density at radius 1 is 0.966 bits per heavy atom. The summed E-state index contributed by atoms with van der Waals surface area (Å²) in [4.78, 5) is 30.9. The monoisotopic (exact) mass is 818 g/mol. The lowest BCUT2D eigenvalue weighted by atomic mass is 9.58. The van der Waals surface area contributed by atoms with Crippen molar-refractivity contribution in [3.05, 3.63) is 18.2 Å². The lowest BCUT2D eigenvalue weighted by Gasteiger charge is -2.48. The minimum absolute atomic E-state index is 0.0756. The Hall–Kier alpha value is -2.10. The number of aliphatic hydroxyl groups is 3. The number of aliphatic imine (C=N–C) groups is 1. The number of hydrogen-bond donors (Lipinski definition) is 6. The highest BCUT2D eigenvalue weighted by molar-refractivity contribution is 5.89. The molecule has 0 aromatic heterocycles. The van der Waals surface area contributed by atoms with E-state index in [2.05, 4.69) is 33.5 Å². The molecule has 1 spiro atoms. The Bertz CT molecular complexity index is 1600. The Kier molecular flexibility index (Phi) is 14.1. The molecule has 3 heterocycles. The summed E-state index contributed by atoms with van der Waals surface area (Å²) in [7, 11) is 1.67. The van der Waals surface area contributed by atoms with Gasteiger partial charge in [0.2, 0.25) is 0 Å². The van der Waals surface area contributed by atoms with Crippen LogP contribution in [0.25, 0.3) is 0 Å². The van der Waals surface area contributed by atoms with Crippen molar-refractivity contribution in [2.75, 3.05) is 20.2 Å². The third kappa shape index (κ3) is 9.77. The van der Waals surface area contributed by atoms with Gasteiger partial charge in [0.15, 0.2) is 12.0 Å². The second kappa shape index (κ2) is 19.1. The zero-order valence-corrected chi connectivity index (χ0v) is 36.0. The lowest BCUT2D eigenvalue weighted by Crippen LogP contribution is -2.96. The number of ketones is 2. The van der Waals surface area contributed by atoms with Gasteiger partial charge >= 0.3 is 0 Å². The Labute approximate surface area is 354 Å². The standard InChI is InChI=1S/C49H75N4O6/c1-59-44-23-35-7-11-45(57)49(17-12-31(21-46(49)58)27-48(15-2-3-16-48)38-22-36-6-10-40(55)25-42(36)52-30-38)18-13-33(41(35)26-43(44)56)4-8-39(54)9-5-34-24-47(50)53-29-37(34)20-32-14-19-51-28-32/h14,19,28,31,33-39,41-44,46-47,52-54,56,58H,2-12,15-17,20-27,29-30,50H2,1H3/q+1/p+2/t31-,33+,34?,35?,36+,37?,38+,39+,41?,42-,43?,44?,46-,47?,49+/m1/s1. The van der Waals surface area contributed by atoms with Gasteiger partial charge < -0.3 is 30.7 Å². The highest BCUT2D eigenvalue weighted by Gasteiger charge is 2.53. The summed E-state index contributed by atoms with van der Waals surface area (Å²) >= 11 is 0. The van der Waals surface area contributed by atoms with Crippen LogP contribution in [0.15, 0.2) is 16.6 Å². The molecule has 326 valence electrons. The molecule has 5 aliphatic carbocycles. The summed E-state index contributed by atoms with van der Waals surface area (Å²) in [5.74, 6) is 10.6. The highest BCUT2D eigenvalue weighted by Crippen LogP contribution is 2.55. The van der Waals surface area contributed by atoms with Gasteiger partial charge in [-0.05, 0) is 125 Å². The molecule has 0 radical (unpaired) electrons. The molecule has 0 bridgehead atoms. The number of hydrogen-bond acceptors (Lipinski definition) is 8. The first-order valence-corrected chi connectivity index (χ1v) is 24.2.